The summed E-state index contributed by atoms with van der Waals surface area (Å²) in [7, 11) is 0. The number of amides is 4. The van der Waals surface area contributed by atoms with E-state index in [1.54, 1.807) is 54.6 Å². The number of thioether (sulfide) groups is 1. The minimum Gasteiger partial charge on any atom is -0.321 e. The van der Waals surface area contributed by atoms with Crippen LogP contribution in [0.4, 0.5) is 11.4 Å². The van der Waals surface area contributed by atoms with Gasteiger partial charge in [0.15, 0.2) is 0 Å². The van der Waals surface area contributed by atoms with Gasteiger partial charge in [0.25, 0.3) is 11.8 Å². The highest BCUT2D eigenvalue weighted by Crippen LogP contribution is 2.35. The third-order valence-electron chi connectivity index (χ3n) is 6.67. The van der Waals surface area contributed by atoms with Gasteiger partial charge in [0, 0.05) is 27.4 Å². The van der Waals surface area contributed by atoms with Gasteiger partial charge in [-0.3, -0.25) is 19.2 Å². The highest BCUT2D eigenvalue weighted by atomic mass is 32.2. The Balaban J connectivity index is 1.24. The van der Waals surface area contributed by atoms with Gasteiger partial charge in [0.2, 0.25) is 11.8 Å². The second kappa shape index (κ2) is 13.0. The van der Waals surface area contributed by atoms with Crippen LogP contribution in [0.2, 0.25) is 0 Å². The second-order valence-corrected chi connectivity index (χ2v) is 12.3. The van der Waals surface area contributed by atoms with Crippen LogP contribution in [-0.2, 0) is 14.4 Å². The Morgan fingerprint density at radius 3 is 2.29 bits per heavy atom. The zero-order valence-electron chi connectivity index (χ0n) is 23.1. The topological polar surface area (TPSA) is 95.6 Å². The van der Waals surface area contributed by atoms with Crippen molar-refractivity contribution in [1.29, 1.82) is 0 Å². The average molecular weight is 596 g/mol. The molecule has 5 rings (SSSR count). The van der Waals surface area contributed by atoms with Gasteiger partial charge >= 0.3 is 0 Å². The molecule has 0 aliphatic carbocycles. The Kier molecular flexibility index (Phi) is 9.00. The highest BCUT2D eigenvalue weighted by Gasteiger charge is 2.40. The lowest BCUT2D eigenvalue weighted by Crippen LogP contribution is -2.31. The number of nitrogens with zero attached hydrogens (tertiary/aromatic N) is 1. The summed E-state index contributed by atoms with van der Waals surface area (Å²) in [5.74, 6) is -0.958. The van der Waals surface area contributed by atoms with Crippen LogP contribution < -0.4 is 15.5 Å². The predicted molar refractivity (Wildman–Crippen MR) is 169 cm³/mol. The van der Waals surface area contributed by atoms with Crippen LogP contribution in [0.3, 0.4) is 0 Å². The van der Waals surface area contributed by atoms with Crippen LogP contribution in [0, 0.1) is 0 Å². The molecule has 1 aliphatic rings. The van der Waals surface area contributed by atoms with Gasteiger partial charge in [-0.25, -0.2) is 4.90 Å². The molecule has 0 radical (unpaired) electrons. The quantitative estimate of drug-likeness (QED) is 0.166. The normalized spacial score (nSPS) is 15.3. The van der Waals surface area contributed by atoms with Crippen LogP contribution in [0.25, 0.3) is 6.08 Å². The molecule has 2 N–H and O–H groups in total. The third-order valence-corrected chi connectivity index (χ3v) is 8.69. The first-order valence-electron chi connectivity index (χ1n) is 13.4. The minimum absolute atomic E-state index is 0.112. The maximum Gasteiger partial charge on any atom is 0.272 e. The molecular weight excluding hydrogens is 567 g/mol. The predicted octanol–water partition coefficient (Wildman–Crippen LogP) is 6.71. The van der Waals surface area contributed by atoms with Crippen LogP contribution in [0.1, 0.15) is 47.0 Å². The second-order valence-electron chi connectivity index (χ2n) is 10.00. The summed E-state index contributed by atoms with van der Waals surface area (Å²) < 4.78 is 0. The standard InChI is InChI=1S/C33H29N3O4S2/c1-21(2)22-10-14-25(15-11-22)36-30(37)20-29(33(36)40)42-26-16-12-24(13-17-26)34-32(39)28(19-27-9-6-18-41-27)35-31(38)23-7-4-3-5-8-23/h3-19,21,29H,20H2,1-2H3,(H,34,39)(H,35,38)/b28-19-. The van der Waals surface area contributed by atoms with Gasteiger partial charge < -0.3 is 10.6 Å². The summed E-state index contributed by atoms with van der Waals surface area (Å²) in [6.45, 7) is 4.18. The number of hydrogen-bond donors (Lipinski definition) is 2. The molecule has 2 heterocycles. The fourth-order valence-corrected chi connectivity index (χ4v) is 6.12. The average Bonchev–Trinajstić information content (AvgIpc) is 3.61. The molecule has 42 heavy (non-hydrogen) atoms. The molecule has 9 heteroatoms. The number of carbonyl (C=O) groups excluding carboxylic acids is 4. The van der Waals surface area contributed by atoms with Gasteiger partial charge in [0.1, 0.15) is 5.70 Å². The van der Waals surface area contributed by atoms with Gasteiger partial charge in [-0.2, -0.15) is 0 Å². The van der Waals surface area contributed by atoms with Gasteiger partial charge in [0.05, 0.1) is 10.9 Å². The van der Waals surface area contributed by atoms with E-state index in [1.807, 2.05) is 47.8 Å². The van der Waals surface area contributed by atoms with Crippen molar-refractivity contribution in [3.05, 3.63) is 118 Å². The number of hydrogen-bond acceptors (Lipinski definition) is 6. The molecule has 3 aromatic carbocycles. The summed E-state index contributed by atoms with van der Waals surface area (Å²) >= 11 is 2.77. The first kappa shape index (κ1) is 29.0. The Morgan fingerprint density at radius 1 is 0.929 bits per heavy atom. The molecule has 4 amide bonds. The van der Waals surface area contributed by atoms with Crippen LogP contribution in [0.15, 0.2) is 107 Å². The lowest BCUT2D eigenvalue weighted by atomic mass is 10.0. The minimum atomic E-state index is -0.531. The van der Waals surface area contributed by atoms with Crippen molar-refractivity contribution in [2.75, 3.05) is 10.2 Å². The van der Waals surface area contributed by atoms with Crippen LogP contribution in [0.5, 0.6) is 0 Å². The molecule has 1 atom stereocenters. The third kappa shape index (κ3) is 6.87. The molecule has 1 aromatic heterocycles. The molecule has 1 saturated heterocycles. The number of imide groups is 1. The van der Waals surface area contributed by atoms with Crippen molar-refractivity contribution in [1.82, 2.24) is 5.32 Å². The summed E-state index contributed by atoms with van der Waals surface area (Å²) in [5.41, 5.74) is 2.80. The van der Waals surface area contributed by atoms with Crippen molar-refractivity contribution in [3.63, 3.8) is 0 Å². The van der Waals surface area contributed by atoms with E-state index in [2.05, 4.69) is 24.5 Å². The lowest BCUT2D eigenvalue weighted by Gasteiger charge is -2.16. The molecule has 0 saturated carbocycles. The van der Waals surface area contributed by atoms with E-state index in [1.165, 1.54) is 28.0 Å². The van der Waals surface area contributed by atoms with E-state index >= 15 is 0 Å². The van der Waals surface area contributed by atoms with Crippen molar-refractivity contribution in [2.24, 2.45) is 0 Å². The number of anilines is 2. The number of carbonyl (C=O) groups is 4. The number of nitrogens with one attached hydrogen (secondary N) is 2. The maximum atomic E-state index is 13.2. The fourth-order valence-electron chi connectivity index (χ4n) is 4.41. The number of thiophene rings is 1. The largest absolute Gasteiger partial charge is 0.321 e. The van der Waals surface area contributed by atoms with Gasteiger partial charge in [-0.15, -0.1) is 23.1 Å². The summed E-state index contributed by atoms with van der Waals surface area (Å²) in [5, 5.41) is 6.92. The molecule has 212 valence electrons. The Labute approximate surface area is 252 Å². The van der Waals surface area contributed by atoms with Gasteiger partial charge in [-0.1, -0.05) is 50.2 Å². The number of benzene rings is 3. The summed E-state index contributed by atoms with van der Waals surface area (Å²) in [6.07, 6.45) is 1.75. The number of rotatable bonds is 9. The van der Waals surface area contributed by atoms with Crippen molar-refractivity contribution >= 4 is 64.2 Å². The molecule has 7 nitrogen and oxygen atoms in total. The first-order chi connectivity index (χ1) is 20.3. The van der Waals surface area contributed by atoms with Crippen LogP contribution in [-0.4, -0.2) is 28.9 Å². The summed E-state index contributed by atoms with van der Waals surface area (Å²) in [4.78, 5) is 54.7. The zero-order chi connectivity index (χ0) is 29.6. The molecule has 1 fully saturated rings. The van der Waals surface area contributed by atoms with E-state index < -0.39 is 11.2 Å². The fraction of sp³-hybridized carbons (Fsp3) is 0.152. The molecule has 1 unspecified atom stereocenters. The van der Waals surface area contributed by atoms with Crippen molar-refractivity contribution in [2.45, 2.75) is 36.3 Å². The smallest absolute Gasteiger partial charge is 0.272 e. The molecule has 0 bridgehead atoms. The SMILES string of the molecule is CC(C)c1ccc(N2C(=O)CC(Sc3ccc(NC(=O)/C(=C/c4cccs4)NC(=O)c4ccccc4)cc3)C2=O)cc1. The van der Waals surface area contributed by atoms with E-state index in [9.17, 15) is 19.2 Å². The Hall–Kier alpha value is -4.47. The molecule has 1 aliphatic heterocycles. The highest BCUT2D eigenvalue weighted by molar-refractivity contribution is 8.00. The van der Waals surface area contributed by atoms with Crippen molar-refractivity contribution < 1.29 is 19.2 Å². The van der Waals surface area contributed by atoms with E-state index in [0.29, 0.717) is 22.9 Å². The van der Waals surface area contributed by atoms with Crippen molar-refractivity contribution in [3.8, 4) is 0 Å². The summed E-state index contributed by atoms with van der Waals surface area (Å²) in [6, 6.07) is 27.0. The monoisotopic (exact) mass is 595 g/mol. The lowest BCUT2D eigenvalue weighted by molar-refractivity contribution is -0.121. The Bertz CT molecular complexity index is 1610. The van der Waals surface area contributed by atoms with E-state index in [-0.39, 0.29) is 29.8 Å². The Morgan fingerprint density at radius 2 is 1.64 bits per heavy atom. The maximum absolute atomic E-state index is 13.2. The molecule has 4 aromatic rings. The van der Waals surface area contributed by atoms with Gasteiger partial charge in [-0.05, 0) is 77.5 Å². The molecular formula is C33H29N3O4S2. The van der Waals surface area contributed by atoms with E-state index in [0.717, 1.165) is 15.3 Å². The van der Waals surface area contributed by atoms with Crippen LogP contribution >= 0.6 is 23.1 Å². The molecule has 0 spiro atoms. The van der Waals surface area contributed by atoms with E-state index in [4.69, 9.17) is 0 Å². The first-order valence-corrected chi connectivity index (χ1v) is 15.2. The zero-order valence-corrected chi connectivity index (χ0v) is 24.7.